The van der Waals surface area contributed by atoms with Gasteiger partial charge in [-0.3, -0.25) is 4.68 Å². The summed E-state index contributed by atoms with van der Waals surface area (Å²) in [6, 6.07) is 2.61. The van der Waals surface area contributed by atoms with Gasteiger partial charge in [0.15, 0.2) is 0 Å². The van der Waals surface area contributed by atoms with Crippen molar-refractivity contribution >= 4 is 0 Å². The van der Waals surface area contributed by atoms with Crippen molar-refractivity contribution < 1.29 is 0 Å². The fourth-order valence-electron chi connectivity index (χ4n) is 2.30. The minimum Gasteiger partial charge on any atom is -0.333 e. The van der Waals surface area contributed by atoms with Crippen molar-refractivity contribution in [3.8, 4) is 0 Å². The van der Waals surface area contributed by atoms with Gasteiger partial charge in [-0.1, -0.05) is 13.8 Å². The minimum absolute atomic E-state index is 0.494. The molecule has 0 unspecified atom stereocenters. The van der Waals surface area contributed by atoms with Gasteiger partial charge in [0, 0.05) is 37.6 Å². The third-order valence-corrected chi connectivity index (χ3v) is 3.36. The fraction of sp³-hybridized carbons (Fsp3) is 0.600. The average Bonchev–Trinajstić information content (AvgIpc) is 2.94. The van der Waals surface area contributed by atoms with Crippen LogP contribution in [0.1, 0.15) is 37.4 Å². The molecule has 2 aromatic rings. The summed E-state index contributed by atoms with van der Waals surface area (Å²) in [6.07, 6.45) is 4.92. The van der Waals surface area contributed by atoms with Crippen molar-refractivity contribution in [1.82, 2.24) is 24.6 Å². The fourth-order valence-corrected chi connectivity index (χ4v) is 2.30. The van der Waals surface area contributed by atoms with Crippen LogP contribution in [-0.4, -0.2) is 25.4 Å². The first-order chi connectivity index (χ1) is 9.56. The molecular weight excluding hydrogens is 250 g/mol. The summed E-state index contributed by atoms with van der Waals surface area (Å²) < 4.78 is 4.30. The number of rotatable bonds is 7. The van der Waals surface area contributed by atoms with Crippen LogP contribution in [0.4, 0.5) is 0 Å². The second-order valence-electron chi connectivity index (χ2n) is 5.62. The van der Waals surface area contributed by atoms with E-state index < -0.39 is 0 Å². The molecule has 0 amide bonds. The van der Waals surface area contributed by atoms with E-state index in [4.69, 9.17) is 0 Å². The summed E-state index contributed by atoms with van der Waals surface area (Å²) in [5.74, 6) is 0. The highest BCUT2D eigenvalue weighted by molar-refractivity contribution is 5.06. The molecule has 5 heteroatoms. The predicted molar refractivity (Wildman–Crippen MR) is 80.5 cm³/mol. The number of imidazole rings is 1. The van der Waals surface area contributed by atoms with Crippen LogP contribution >= 0.6 is 0 Å². The van der Waals surface area contributed by atoms with E-state index in [1.165, 1.54) is 11.4 Å². The van der Waals surface area contributed by atoms with Crippen LogP contribution in [0.2, 0.25) is 0 Å². The molecule has 0 saturated heterocycles. The normalized spacial score (nSPS) is 11.4. The molecular formula is C15H25N5. The van der Waals surface area contributed by atoms with E-state index in [9.17, 15) is 0 Å². The van der Waals surface area contributed by atoms with Crippen molar-refractivity contribution in [3.05, 3.63) is 35.7 Å². The molecule has 2 rings (SSSR count). The molecule has 0 saturated carbocycles. The Morgan fingerprint density at radius 1 is 1.25 bits per heavy atom. The van der Waals surface area contributed by atoms with Gasteiger partial charge in [-0.05, 0) is 26.3 Å². The SMILES string of the molecule is Cc1cc(C)n(CCCn2cncc2CNC(C)C)n1. The maximum Gasteiger partial charge on any atom is 0.0948 e. The highest BCUT2D eigenvalue weighted by Gasteiger charge is 2.04. The van der Waals surface area contributed by atoms with Gasteiger partial charge in [0.05, 0.1) is 17.7 Å². The maximum atomic E-state index is 4.49. The van der Waals surface area contributed by atoms with Crippen molar-refractivity contribution in [2.45, 2.75) is 59.8 Å². The molecule has 0 fully saturated rings. The van der Waals surface area contributed by atoms with Crippen LogP contribution in [0, 0.1) is 13.8 Å². The van der Waals surface area contributed by atoms with Crippen molar-refractivity contribution in [3.63, 3.8) is 0 Å². The minimum atomic E-state index is 0.494. The number of hydrogen-bond acceptors (Lipinski definition) is 3. The topological polar surface area (TPSA) is 47.7 Å². The van der Waals surface area contributed by atoms with E-state index >= 15 is 0 Å². The van der Waals surface area contributed by atoms with Gasteiger partial charge in [-0.2, -0.15) is 5.10 Å². The molecule has 2 heterocycles. The van der Waals surface area contributed by atoms with Crippen LogP contribution in [0.3, 0.4) is 0 Å². The molecule has 1 N–H and O–H groups in total. The first-order valence-electron chi connectivity index (χ1n) is 7.29. The molecule has 110 valence electrons. The van der Waals surface area contributed by atoms with E-state index in [0.717, 1.165) is 31.7 Å². The van der Waals surface area contributed by atoms with Gasteiger partial charge in [0.25, 0.3) is 0 Å². The Bertz CT molecular complexity index is 538. The van der Waals surface area contributed by atoms with Gasteiger partial charge in [-0.15, -0.1) is 0 Å². The van der Waals surface area contributed by atoms with Gasteiger partial charge < -0.3 is 9.88 Å². The van der Waals surface area contributed by atoms with Gasteiger partial charge in [-0.25, -0.2) is 4.98 Å². The van der Waals surface area contributed by atoms with E-state index in [1.807, 2.05) is 19.4 Å². The largest absolute Gasteiger partial charge is 0.333 e. The van der Waals surface area contributed by atoms with Crippen LogP contribution in [0.5, 0.6) is 0 Å². The summed E-state index contributed by atoms with van der Waals surface area (Å²) in [6.45, 7) is 11.3. The van der Waals surface area contributed by atoms with Crippen LogP contribution in [0.15, 0.2) is 18.6 Å². The summed E-state index contributed by atoms with van der Waals surface area (Å²) in [5, 5.41) is 7.92. The monoisotopic (exact) mass is 275 g/mol. The van der Waals surface area contributed by atoms with E-state index in [0.29, 0.717) is 6.04 Å². The van der Waals surface area contributed by atoms with E-state index in [1.54, 1.807) is 0 Å². The standard InChI is InChI=1S/C15H25N5/c1-12(2)17-10-15-9-16-11-19(15)6-5-7-20-14(4)8-13(3)18-20/h8-9,11-12,17H,5-7,10H2,1-4H3. The molecule has 0 aromatic carbocycles. The quantitative estimate of drug-likeness (QED) is 0.843. The Morgan fingerprint density at radius 3 is 2.70 bits per heavy atom. The Balaban J connectivity index is 1.85. The third kappa shape index (κ3) is 3.93. The molecule has 5 nitrogen and oxygen atoms in total. The van der Waals surface area contributed by atoms with Crippen molar-refractivity contribution in [1.29, 1.82) is 0 Å². The van der Waals surface area contributed by atoms with Crippen molar-refractivity contribution in [2.24, 2.45) is 0 Å². The molecule has 2 aromatic heterocycles. The number of aryl methyl sites for hydroxylation is 4. The second-order valence-corrected chi connectivity index (χ2v) is 5.62. The lowest BCUT2D eigenvalue weighted by molar-refractivity contribution is 0.497. The van der Waals surface area contributed by atoms with Crippen LogP contribution in [0.25, 0.3) is 0 Å². The van der Waals surface area contributed by atoms with Crippen molar-refractivity contribution in [2.75, 3.05) is 0 Å². The Morgan fingerprint density at radius 2 is 2.05 bits per heavy atom. The maximum absolute atomic E-state index is 4.49. The van der Waals surface area contributed by atoms with Gasteiger partial charge in [0.2, 0.25) is 0 Å². The molecule has 0 bridgehead atoms. The first-order valence-corrected chi connectivity index (χ1v) is 7.29. The zero-order valence-corrected chi connectivity index (χ0v) is 12.9. The summed E-state index contributed by atoms with van der Waals surface area (Å²) >= 11 is 0. The molecule has 20 heavy (non-hydrogen) atoms. The smallest absolute Gasteiger partial charge is 0.0948 e. The highest BCUT2D eigenvalue weighted by atomic mass is 15.3. The molecule has 0 atom stereocenters. The number of nitrogens with zero attached hydrogens (tertiary/aromatic N) is 4. The summed E-state index contributed by atoms with van der Waals surface area (Å²) in [7, 11) is 0. The zero-order valence-electron chi connectivity index (χ0n) is 12.9. The summed E-state index contributed by atoms with van der Waals surface area (Å²) in [4.78, 5) is 4.25. The zero-order chi connectivity index (χ0) is 14.5. The lowest BCUT2D eigenvalue weighted by atomic mass is 10.3. The number of nitrogens with one attached hydrogen (secondary N) is 1. The van der Waals surface area contributed by atoms with Crippen LogP contribution < -0.4 is 5.32 Å². The molecule has 0 aliphatic heterocycles. The van der Waals surface area contributed by atoms with Gasteiger partial charge >= 0.3 is 0 Å². The first kappa shape index (κ1) is 14.8. The summed E-state index contributed by atoms with van der Waals surface area (Å²) in [5.41, 5.74) is 3.56. The third-order valence-electron chi connectivity index (χ3n) is 3.36. The Kier molecular flexibility index (Phi) is 4.95. The average molecular weight is 275 g/mol. The Hall–Kier alpha value is -1.62. The number of aromatic nitrogens is 4. The molecule has 0 spiro atoms. The van der Waals surface area contributed by atoms with Crippen LogP contribution in [-0.2, 0) is 19.6 Å². The Labute approximate surface area is 121 Å². The lowest BCUT2D eigenvalue weighted by Crippen LogP contribution is -2.23. The molecule has 0 aliphatic rings. The molecule has 0 radical (unpaired) electrons. The lowest BCUT2D eigenvalue weighted by Gasteiger charge is -2.11. The number of hydrogen-bond donors (Lipinski definition) is 1. The van der Waals surface area contributed by atoms with Gasteiger partial charge in [0.1, 0.15) is 0 Å². The van der Waals surface area contributed by atoms with E-state index in [2.05, 4.69) is 51.5 Å². The predicted octanol–water partition coefficient (Wildman–Crippen LogP) is 2.28. The van der Waals surface area contributed by atoms with E-state index in [-0.39, 0.29) is 0 Å². The second kappa shape index (κ2) is 6.70. The molecule has 0 aliphatic carbocycles. The highest BCUT2D eigenvalue weighted by Crippen LogP contribution is 2.05.